The van der Waals surface area contributed by atoms with E-state index in [4.69, 9.17) is 0 Å². The Morgan fingerprint density at radius 2 is 2.19 bits per heavy atom. The lowest BCUT2D eigenvalue weighted by Crippen LogP contribution is -2.40. The van der Waals surface area contributed by atoms with Crippen molar-refractivity contribution in [2.24, 2.45) is 0 Å². The van der Waals surface area contributed by atoms with Gasteiger partial charge in [0.05, 0.1) is 17.5 Å². The molecule has 8 nitrogen and oxygen atoms in total. The number of aromatic nitrogens is 6. The number of nitrogens with one attached hydrogen (secondary N) is 2. The molecule has 0 fully saturated rings. The standard InChI is InChI=1S/C22H20FN7O/c1-13-5-7-24-21(26-13)17-11-25-29-20(17)22(31)27-16-6-8-30-12-18(28-19(30)10-16)14-3-2-4-15(23)9-14/h2-5,7,9,11-12,16H,6,8,10H2,1H3,(H,25,29)(H,27,31). The molecule has 156 valence electrons. The summed E-state index contributed by atoms with van der Waals surface area (Å²) in [7, 11) is 0. The maximum absolute atomic E-state index is 13.6. The molecule has 3 aromatic heterocycles. The van der Waals surface area contributed by atoms with Crippen LogP contribution >= 0.6 is 0 Å². The molecule has 0 aliphatic carbocycles. The fourth-order valence-corrected chi connectivity index (χ4v) is 3.80. The van der Waals surface area contributed by atoms with Crippen molar-refractivity contribution >= 4 is 5.91 Å². The Balaban J connectivity index is 1.32. The monoisotopic (exact) mass is 417 g/mol. The fourth-order valence-electron chi connectivity index (χ4n) is 3.80. The summed E-state index contributed by atoms with van der Waals surface area (Å²) in [6, 6.07) is 8.12. The Hall–Kier alpha value is -3.88. The number of rotatable bonds is 4. The van der Waals surface area contributed by atoms with Crippen molar-refractivity contribution in [3.05, 3.63) is 72.0 Å². The lowest BCUT2D eigenvalue weighted by atomic mass is 10.1. The summed E-state index contributed by atoms with van der Waals surface area (Å²) >= 11 is 0. The summed E-state index contributed by atoms with van der Waals surface area (Å²) in [6.45, 7) is 2.59. The minimum absolute atomic E-state index is 0.0719. The van der Waals surface area contributed by atoms with Crippen LogP contribution in [0, 0.1) is 12.7 Å². The summed E-state index contributed by atoms with van der Waals surface area (Å²) in [6.07, 6.45) is 6.50. The molecule has 31 heavy (non-hydrogen) atoms. The topological polar surface area (TPSA) is 101 Å². The maximum Gasteiger partial charge on any atom is 0.270 e. The molecule has 4 aromatic rings. The zero-order valence-corrected chi connectivity index (χ0v) is 16.8. The second-order valence-corrected chi connectivity index (χ2v) is 7.59. The summed E-state index contributed by atoms with van der Waals surface area (Å²) in [4.78, 5) is 26.2. The highest BCUT2D eigenvalue weighted by molar-refractivity contribution is 5.98. The number of hydrogen-bond acceptors (Lipinski definition) is 5. The SMILES string of the molecule is Cc1ccnc(-c2cn[nH]c2C(=O)NC2CCn3cc(-c4cccc(F)c4)nc3C2)n1. The normalized spacial score (nSPS) is 15.5. The molecule has 1 unspecified atom stereocenters. The smallest absolute Gasteiger partial charge is 0.270 e. The zero-order valence-electron chi connectivity index (χ0n) is 16.8. The Morgan fingerprint density at radius 1 is 1.29 bits per heavy atom. The average molecular weight is 417 g/mol. The molecule has 2 N–H and O–H groups in total. The molecule has 4 heterocycles. The van der Waals surface area contributed by atoms with Crippen LogP contribution in [-0.4, -0.2) is 41.7 Å². The first-order chi connectivity index (χ1) is 15.1. The van der Waals surface area contributed by atoms with E-state index in [1.807, 2.05) is 19.2 Å². The lowest BCUT2D eigenvalue weighted by Gasteiger charge is -2.24. The number of carbonyl (C=O) groups is 1. The largest absolute Gasteiger partial charge is 0.347 e. The van der Waals surface area contributed by atoms with E-state index in [0.717, 1.165) is 35.7 Å². The molecular formula is C22H20FN7O. The third-order valence-electron chi connectivity index (χ3n) is 5.36. The highest BCUT2D eigenvalue weighted by Crippen LogP contribution is 2.24. The number of amides is 1. The first-order valence-corrected chi connectivity index (χ1v) is 10.0. The van der Waals surface area contributed by atoms with Gasteiger partial charge in [-0.05, 0) is 31.5 Å². The first-order valence-electron chi connectivity index (χ1n) is 10.0. The molecule has 1 amide bonds. The fraction of sp³-hybridized carbons (Fsp3) is 0.227. The molecule has 0 bridgehead atoms. The van der Waals surface area contributed by atoms with Gasteiger partial charge in [0.2, 0.25) is 0 Å². The van der Waals surface area contributed by atoms with Crippen molar-refractivity contribution in [1.82, 2.24) is 35.0 Å². The summed E-state index contributed by atoms with van der Waals surface area (Å²) in [5.74, 6) is 0.773. The molecule has 5 rings (SSSR count). The molecule has 1 atom stereocenters. The summed E-state index contributed by atoms with van der Waals surface area (Å²) < 4.78 is 15.6. The van der Waals surface area contributed by atoms with E-state index in [1.165, 1.54) is 12.1 Å². The average Bonchev–Trinajstić information content (AvgIpc) is 3.41. The number of H-pyrrole nitrogens is 1. The summed E-state index contributed by atoms with van der Waals surface area (Å²) in [5.41, 5.74) is 3.18. The van der Waals surface area contributed by atoms with Crippen LogP contribution in [0.5, 0.6) is 0 Å². The lowest BCUT2D eigenvalue weighted by molar-refractivity contribution is 0.0926. The van der Waals surface area contributed by atoms with Crippen molar-refractivity contribution < 1.29 is 9.18 Å². The van der Waals surface area contributed by atoms with Crippen LogP contribution < -0.4 is 5.32 Å². The molecule has 0 saturated heterocycles. The minimum Gasteiger partial charge on any atom is -0.347 e. The van der Waals surface area contributed by atoms with Gasteiger partial charge in [0.1, 0.15) is 17.3 Å². The van der Waals surface area contributed by atoms with Crippen LogP contribution in [0.2, 0.25) is 0 Å². The van der Waals surface area contributed by atoms with E-state index in [0.29, 0.717) is 23.5 Å². The van der Waals surface area contributed by atoms with Gasteiger partial charge in [-0.3, -0.25) is 9.89 Å². The number of halogens is 1. The van der Waals surface area contributed by atoms with Gasteiger partial charge in [0, 0.05) is 42.7 Å². The van der Waals surface area contributed by atoms with Crippen LogP contribution in [0.3, 0.4) is 0 Å². The molecular weight excluding hydrogens is 397 g/mol. The van der Waals surface area contributed by atoms with Crippen LogP contribution in [0.25, 0.3) is 22.6 Å². The second-order valence-electron chi connectivity index (χ2n) is 7.59. The molecule has 0 spiro atoms. The van der Waals surface area contributed by atoms with Crippen molar-refractivity contribution in [3.8, 4) is 22.6 Å². The van der Waals surface area contributed by atoms with Gasteiger partial charge in [-0.1, -0.05) is 12.1 Å². The highest BCUT2D eigenvalue weighted by Gasteiger charge is 2.25. The van der Waals surface area contributed by atoms with Crippen LogP contribution in [-0.2, 0) is 13.0 Å². The van der Waals surface area contributed by atoms with Crippen LogP contribution in [0.1, 0.15) is 28.4 Å². The quantitative estimate of drug-likeness (QED) is 0.532. The van der Waals surface area contributed by atoms with E-state index in [9.17, 15) is 9.18 Å². The molecule has 9 heteroatoms. The number of hydrogen-bond donors (Lipinski definition) is 2. The van der Waals surface area contributed by atoms with E-state index in [1.54, 1.807) is 24.5 Å². The number of carbonyl (C=O) groups excluding carboxylic acids is 1. The van der Waals surface area contributed by atoms with Crippen LogP contribution in [0.4, 0.5) is 4.39 Å². The molecule has 1 aliphatic rings. The van der Waals surface area contributed by atoms with Gasteiger partial charge in [-0.2, -0.15) is 5.10 Å². The molecule has 0 radical (unpaired) electrons. The number of aryl methyl sites for hydroxylation is 2. The van der Waals surface area contributed by atoms with Crippen molar-refractivity contribution in [2.45, 2.75) is 32.4 Å². The van der Waals surface area contributed by atoms with Gasteiger partial charge in [0.15, 0.2) is 5.82 Å². The Bertz CT molecular complexity index is 1260. The molecule has 0 saturated carbocycles. The minimum atomic E-state index is -0.290. The van der Waals surface area contributed by atoms with Crippen molar-refractivity contribution in [1.29, 1.82) is 0 Å². The van der Waals surface area contributed by atoms with Gasteiger partial charge in [-0.25, -0.2) is 19.3 Å². The van der Waals surface area contributed by atoms with Gasteiger partial charge >= 0.3 is 0 Å². The third-order valence-corrected chi connectivity index (χ3v) is 5.36. The number of fused-ring (bicyclic) bond motifs is 1. The Morgan fingerprint density at radius 3 is 3.03 bits per heavy atom. The van der Waals surface area contributed by atoms with Crippen LogP contribution in [0.15, 0.2) is 48.9 Å². The van der Waals surface area contributed by atoms with E-state index in [2.05, 4.69) is 35.0 Å². The van der Waals surface area contributed by atoms with Crippen molar-refractivity contribution in [2.75, 3.05) is 0 Å². The van der Waals surface area contributed by atoms with Gasteiger partial charge in [0.25, 0.3) is 5.91 Å². The Kier molecular flexibility index (Phi) is 4.78. The van der Waals surface area contributed by atoms with Gasteiger partial charge < -0.3 is 9.88 Å². The third kappa shape index (κ3) is 3.81. The maximum atomic E-state index is 13.6. The molecule has 1 aliphatic heterocycles. The Labute approximate surface area is 177 Å². The predicted molar refractivity (Wildman–Crippen MR) is 112 cm³/mol. The molecule has 1 aromatic carbocycles. The van der Waals surface area contributed by atoms with E-state index < -0.39 is 0 Å². The van der Waals surface area contributed by atoms with Gasteiger partial charge in [-0.15, -0.1) is 0 Å². The number of nitrogens with zero attached hydrogens (tertiary/aromatic N) is 5. The number of benzene rings is 1. The zero-order chi connectivity index (χ0) is 21.4. The van der Waals surface area contributed by atoms with E-state index in [-0.39, 0.29) is 17.8 Å². The predicted octanol–water partition coefficient (Wildman–Crippen LogP) is 2.92. The summed E-state index contributed by atoms with van der Waals surface area (Å²) in [5, 5.41) is 9.84. The van der Waals surface area contributed by atoms with E-state index >= 15 is 0 Å². The number of imidazole rings is 1. The highest BCUT2D eigenvalue weighted by atomic mass is 19.1. The first kappa shape index (κ1) is 19.1. The van der Waals surface area contributed by atoms with Crippen molar-refractivity contribution in [3.63, 3.8) is 0 Å². The second kappa shape index (κ2) is 7.75. The number of aromatic amines is 1.